The summed E-state index contributed by atoms with van der Waals surface area (Å²) in [4.78, 5) is 14.4. The Labute approximate surface area is 154 Å². The summed E-state index contributed by atoms with van der Waals surface area (Å²) in [5.74, 6) is 0.260. The van der Waals surface area contributed by atoms with Crippen LogP contribution in [0.1, 0.15) is 32.6 Å². The third-order valence-corrected chi connectivity index (χ3v) is 6.60. The van der Waals surface area contributed by atoms with Crippen molar-refractivity contribution in [2.45, 2.75) is 37.5 Å². The summed E-state index contributed by atoms with van der Waals surface area (Å²) in [6.07, 6.45) is 4.17. The van der Waals surface area contributed by atoms with Crippen molar-refractivity contribution < 1.29 is 17.9 Å². The zero-order chi connectivity index (χ0) is 18.4. The fourth-order valence-electron chi connectivity index (χ4n) is 2.89. The molecule has 1 amide bonds. The molecule has 1 aliphatic heterocycles. The van der Waals surface area contributed by atoms with Gasteiger partial charge in [-0.05, 0) is 31.0 Å². The third-order valence-electron chi connectivity index (χ3n) is 4.38. The lowest BCUT2D eigenvalue weighted by atomic mass is 10.2. The normalized spacial score (nSPS) is 15.9. The van der Waals surface area contributed by atoms with Crippen molar-refractivity contribution in [2.24, 2.45) is 0 Å². The van der Waals surface area contributed by atoms with E-state index in [1.165, 1.54) is 29.6 Å². The van der Waals surface area contributed by atoms with E-state index in [-0.39, 0.29) is 28.9 Å². The van der Waals surface area contributed by atoms with Crippen LogP contribution in [0.25, 0.3) is 0 Å². The number of methoxy groups -OCH3 is 1. The van der Waals surface area contributed by atoms with E-state index in [0.29, 0.717) is 18.8 Å². The average molecular weight is 389 g/mol. The number of likely N-dealkylation sites (tertiary alicyclic amines) is 1. The molecule has 0 radical (unpaired) electrons. The van der Waals surface area contributed by atoms with Gasteiger partial charge in [0, 0.05) is 19.6 Å². The van der Waals surface area contributed by atoms with Crippen LogP contribution in [0, 0.1) is 0 Å². The molecular weight excluding hydrogens is 364 g/mol. The van der Waals surface area contributed by atoms with Gasteiger partial charge in [0.2, 0.25) is 15.9 Å². The van der Waals surface area contributed by atoms with Gasteiger partial charge in [-0.2, -0.15) is 4.31 Å². The van der Waals surface area contributed by atoms with Crippen LogP contribution in [0.2, 0.25) is 5.02 Å². The highest BCUT2D eigenvalue weighted by Gasteiger charge is 2.28. The summed E-state index contributed by atoms with van der Waals surface area (Å²) in [5.41, 5.74) is 0. The summed E-state index contributed by atoms with van der Waals surface area (Å²) >= 11 is 6.05. The van der Waals surface area contributed by atoms with E-state index in [2.05, 4.69) is 0 Å². The van der Waals surface area contributed by atoms with E-state index in [4.69, 9.17) is 16.3 Å². The molecular formula is C17H25ClN2O4S. The van der Waals surface area contributed by atoms with Gasteiger partial charge in [0.1, 0.15) is 5.75 Å². The first kappa shape index (κ1) is 20.0. The lowest BCUT2D eigenvalue weighted by Crippen LogP contribution is -2.43. The SMILES string of the molecule is CCN(CC(=O)N1CCCCCC1)S(=O)(=O)c1ccc(OC)c(Cl)c1. The molecule has 1 fully saturated rings. The van der Waals surface area contributed by atoms with Gasteiger partial charge in [-0.1, -0.05) is 31.4 Å². The number of rotatable bonds is 6. The number of ether oxygens (including phenoxy) is 1. The summed E-state index contributed by atoms with van der Waals surface area (Å²) < 4.78 is 32.0. The van der Waals surface area contributed by atoms with Crippen LogP contribution in [0.3, 0.4) is 0 Å². The topological polar surface area (TPSA) is 66.9 Å². The van der Waals surface area contributed by atoms with Crippen LogP contribution in [0.15, 0.2) is 23.1 Å². The smallest absolute Gasteiger partial charge is 0.243 e. The van der Waals surface area contributed by atoms with Gasteiger partial charge in [0.05, 0.1) is 23.6 Å². The highest BCUT2D eigenvalue weighted by atomic mass is 35.5. The Morgan fingerprint density at radius 2 is 1.88 bits per heavy atom. The summed E-state index contributed by atoms with van der Waals surface area (Å²) in [6.45, 7) is 3.18. The van der Waals surface area contributed by atoms with E-state index in [1.807, 2.05) is 0 Å². The molecule has 0 bridgehead atoms. The minimum Gasteiger partial charge on any atom is -0.495 e. The molecule has 1 aliphatic rings. The Balaban J connectivity index is 2.17. The standard InChI is InChI=1S/C17H25ClN2O4S/c1-3-20(13-17(21)19-10-6-4-5-7-11-19)25(22,23)14-8-9-16(24-2)15(18)12-14/h8-9,12H,3-7,10-11,13H2,1-2H3. The molecule has 2 rings (SSSR count). The largest absolute Gasteiger partial charge is 0.495 e. The lowest BCUT2D eigenvalue weighted by Gasteiger charge is -2.25. The molecule has 1 saturated heterocycles. The van der Waals surface area contributed by atoms with Crippen molar-refractivity contribution in [1.29, 1.82) is 0 Å². The molecule has 0 aliphatic carbocycles. The minimum absolute atomic E-state index is 0.0591. The van der Waals surface area contributed by atoms with E-state index in [1.54, 1.807) is 11.8 Å². The first-order valence-corrected chi connectivity index (χ1v) is 10.3. The van der Waals surface area contributed by atoms with Crippen LogP contribution >= 0.6 is 11.6 Å². The Morgan fingerprint density at radius 3 is 2.40 bits per heavy atom. The van der Waals surface area contributed by atoms with E-state index in [0.717, 1.165) is 25.7 Å². The van der Waals surface area contributed by atoms with E-state index < -0.39 is 10.0 Å². The Bertz CT molecular complexity index is 701. The van der Waals surface area contributed by atoms with Crippen molar-refractivity contribution in [3.63, 3.8) is 0 Å². The van der Waals surface area contributed by atoms with Crippen molar-refractivity contribution in [1.82, 2.24) is 9.21 Å². The predicted octanol–water partition coefficient (Wildman–Crippen LogP) is 2.76. The molecule has 8 heteroatoms. The monoisotopic (exact) mass is 388 g/mol. The van der Waals surface area contributed by atoms with Crippen molar-refractivity contribution in [3.8, 4) is 5.75 Å². The molecule has 0 N–H and O–H groups in total. The van der Waals surface area contributed by atoms with Crippen LogP contribution in [0.5, 0.6) is 5.75 Å². The number of carbonyl (C=O) groups excluding carboxylic acids is 1. The maximum atomic E-state index is 12.9. The second kappa shape index (κ2) is 8.87. The van der Waals surface area contributed by atoms with E-state index >= 15 is 0 Å². The molecule has 1 aromatic carbocycles. The second-order valence-electron chi connectivity index (χ2n) is 6.02. The molecule has 140 valence electrons. The van der Waals surface area contributed by atoms with Gasteiger partial charge in [0.15, 0.2) is 0 Å². The van der Waals surface area contributed by atoms with Gasteiger partial charge < -0.3 is 9.64 Å². The van der Waals surface area contributed by atoms with Gasteiger partial charge in [-0.3, -0.25) is 4.79 Å². The molecule has 25 heavy (non-hydrogen) atoms. The number of hydrogen-bond donors (Lipinski definition) is 0. The zero-order valence-electron chi connectivity index (χ0n) is 14.7. The molecule has 0 spiro atoms. The molecule has 1 heterocycles. The summed E-state index contributed by atoms with van der Waals surface area (Å²) in [6, 6.07) is 4.31. The van der Waals surface area contributed by atoms with Crippen LogP contribution in [-0.2, 0) is 14.8 Å². The first-order chi connectivity index (χ1) is 11.9. The quantitative estimate of drug-likeness (QED) is 0.751. The van der Waals surface area contributed by atoms with Gasteiger partial charge in [0.25, 0.3) is 0 Å². The van der Waals surface area contributed by atoms with Crippen molar-refractivity contribution >= 4 is 27.5 Å². The number of likely N-dealkylation sites (N-methyl/N-ethyl adjacent to an activating group) is 1. The van der Waals surface area contributed by atoms with Crippen molar-refractivity contribution in [2.75, 3.05) is 33.3 Å². The summed E-state index contributed by atoms with van der Waals surface area (Å²) in [5, 5.41) is 0.221. The van der Waals surface area contributed by atoms with Crippen LogP contribution in [-0.4, -0.2) is 56.8 Å². The summed E-state index contributed by atoms with van der Waals surface area (Å²) in [7, 11) is -2.33. The fraction of sp³-hybridized carbons (Fsp3) is 0.588. The molecule has 0 aromatic heterocycles. The van der Waals surface area contributed by atoms with E-state index in [9.17, 15) is 13.2 Å². The number of nitrogens with zero attached hydrogens (tertiary/aromatic N) is 2. The fourth-order valence-corrected chi connectivity index (χ4v) is 4.64. The molecule has 0 unspecified atom stereocenters. The van der Waals surface area contributed by atoms with Gasteiger partial charge >= 0.3 is 0 Å². The molecule has 6 nitrogen and oxygen atoms in total. The van der Waals surface area contributed by atoms with Crippen LogP contribution in [0.4, 0.5) is 0 Å². The highest BCUT2D eigenvalue weighted by Crippen LogP contribution is 2.28. The minimum atomic E-state index is -3.80. The highest BCUT2D eigenvalue weighted by molar-refractivity contribution is 7.89. The Morgan fingerprint density at radius 1 is 1.24 bits per heavy atom. The number of hydrogen-bond acceptors (Lipinski definition) is 4. The number of amides is 1. The maximum Gasteiger partial charge on any atom is 0.243 e. The Hall–Kier alpha value is -1.31. The number of halogens is 1. The average Bonchev–Trinajstić information content (AvgIpc) is 2.88. The first-order valence-electron chi connectivity index (χ1n) is 8.51. The lowest BCUT2D eigenvalue weighted by molar-refractivity contribution is -0.131. The third kappa shape index (κ3) is 4.86. The number of sulfonamides is 1. The molecule has 0 saturated carbocycles. The number of benzene rings is 1. The van der Waals surface area contributed by atoms with Gasteiger partial charge in [-0.25, -0.2) is 8.42 Å². The Kier molecular flexibility index (Phi) is 7.10. The molecule has 0 atom stereocenters. The second-order valence-corrected chi connectivity index (χ2v) is 8.37. The van der Waals surface area contributed by atoms with Crippen molar-refractivity contribution in [3.05, 3.63) is 23.2 Å². The van der Waals surface area contributed by atoms with Gasteiger partial charge in [-0.15, -0.1) is 0 Å². The zero-order valence-corrected chi connectivity index (χ0v) is 16.3. The number of carbonyl (C=O) groups is 1. The van der Waals surface area contributed by atoms with Crippen LogP contribution < -0.4 is 4.74 Å². The maximum absolute atomic E-state index is 12.9. The predicted molar refractivity (Wildman–Crippen MR) is 97.5 cm³/mol. The molecule has 1 aromatic rings.